The minimum atomic E-state index is -0.816. The topological polar surface area (TPSA) is 244 Å². The van der Waals surface area contributed by atoms with Crippen molar-refractivity contribution in [2.24, 2.45) is 0 Å². The molecule has 3 aromatic heterocycles. The number of nitrogens with two attached hydrogens (primary N) is 1. The fourth-order valence-electron chi connectivity index (χ4n) is 3.26. The lowest BCUT2D eigenvalue weighted by atomic mass is 10.2. The van der Waals surface area contributed by atoms with Crippen LogP contribution in [0, 0.1) is 6.92 Å². The van der Waals surface area contributed by atoms with E-state index in [4.69, 9.17) is 30.5 Å². The van der Waals surface area contributed by atoms with Crippen LogP contribution in [0.2, 0.25) is 0 Å². The van der Waals surface area contributed by atoms with E-state index in [2.05, 4.69) is 19.9 Å². The Morgan fingerprint density at radius 3 is 2.57 bits per heavy atom. The normalized spacial score (nSPS) is 19.8. The van der Waals surface area contributed by atoms with Crippen molar-refractivity contribution in [2.45, 2.75) is 44.6 Å². The monoisotopic (exact) mass is 497 g/mol. The van der Waals surface area contributed by atoms with Crippen LogP contribution in [-0.2, 0) is 16.2 Å². The van der Waals surface area contributed by atoms with Crippen molar-refractivity contribution < 1.29 is 29.9 Å². The van der Waals surface area contributed by atoms with E-state index in [1.807, 2.05) is 0 Å². The Morgan fingerprint density at radius 2 is 1.94 bits per heavy atom. The van der Waals surface area contributed by atoms with Gasteiger partial charge in [-0.05, 0) is 6.92 Å². The van der Waals surface area contributed by atoms with Crippen LogP contribution in [0.1, 0.15) is 18.2 Å². The number of hydrogen-bond donors (Lipinski definition) is 7. The molecule has 0 unspecified atom stereocenters. The van der Waals surface area contributed by atoms with Crippen molar-refractivity contribution in [3.8, 4) is 0 Å². The fraction of sp³-hybridized carbons (Fsp3) is 0.526. The summed E-state index contributed by atoms with van der Waals surface area (Å²) >= 11 is 0. The van der Waals surface area contributed by atoms with Crippen LogP contribution < -0.4 is 22.5 Å². The second-order valence-corrected chi connectivity index (χ2v) is 7.71. The highest BCUT2D eigenvalue weighted by atomic mass is 16.5. The average molecular weight is 497 g/mol. The maximum absolute atomic E-state index is 11.6. The van der Waals surface area contributed by atoms with E-state index in [1.54, 1.807) is 6.92 Å². The van der Waals surface area contributed by atoms with Crippen molar-refractivity contribution in [1.29, 1.82) is 0 Å². The number of aryl methyl sites for hydroxylation is 1. The molecule has 1 aliphatic heterocycles. The second kappa shape index (κ2) is 11.3. The zero-order valence-corrected chi connectivity index (χ0v) is 18.7. The smallest absolute Gasteiger partial charge is 0.330 e. The highest BCUT2D eigenvalue weighted by Gasteiger charge is 2.35. The van der Waals surface area contributed by atoms with Crippen LogP contribution in [0.5, 0.6) is 0 Å². The van der Waals surface area contributed by atoms with E-state index in [0.29, 0.717) is 5.56 Å². The molecule has 0 amide bonds. The molecule has 0 aliphatic carbocycles. The summed E-state index contributed by atoms with van der Waals surface area (Å²) in [5.41, 5.74) is 4.79. The molecule has 0 bridgehead atoms. The maximum Gasteiger partial charge on any atom is 0.330 e. The van der Waals surface area contributed by atoms with Crippen LogP contribution in [0.3, 0.4) is 0 Å². The molecule has 1 fully saturated rings. The van der Waals surface area contributed by atoms with Gasteiger partial charge in [-0.25, -0.2) is 9.78 Å². The van der Waals surface area contributed by atoms with Gasteiger partial charge < -0.3 is 35.6 Å². The van der Waals surface area contributed by atoms with Gasteiger partial charge in [0.05, 0.1) is 32.3 Å². The van der Waals surface area contributed by atoms with E-state index in [9.17, 15) is 19.5 Å². The molecule has 4 heterocycles. The van der Waals surface area contributed by atoms with E-state index in [0.717, 1.165) is 0 Å². The molecule has 0 spiro atoms. The van der Waals surface area contributed by atoms with Gasteiger partial charge in [0.15, 0.2) is 11.2 Å². The Hall–Kier alpha value is -3.41. The van der Waals surface area contributed by atoms with Gasteiger partial charge in [0.1, 0.15) is 25.2 Å². The summed E-state index contributed by atoms with van der Waals surface area (Å²) in [6.07, 6.45) is 0.0999. The molecule has 16 nitrogen and oxygen atoms in total. The fourth-order valence-corrected chi connectivity index (χ4v) is 3.26. The lowest BCUT2D eigenvalue weighted by Gasteiger charge is -2.14. The van der Waals surface area contributed by atoms with Crippen molar-refractivity contribution in [3.05, 3.63) is 49.3 Å². The standard InChI is InChI=1S/C10H14N2O5.C9H13N5O4/c1-5-3-12(10(16)11-9(5)15)8-2-6(14)7(4-13)17-8;10-9-12-7-6(8(17)13-9)11-3-14(7)4-18-5(1-15)2-16/h3,6-8,13-14H,2,4H2,1H3,(H,11,15,16);3,5,15-16H,1-2,4H2,(H3,10,12,13,17)/t6-,7+,8+;/m0./s1. The number of hydrogen-bond acceptors (Lipinski definition) is 12. The number of nitrogens with zero attached hydrogens (tertiary/aromatic N) is 4. The molecule has 4 rings (SSSR count). The summed E-state index contributed by atoms with van der Waals surface area (Å²) in [5.74, 6) is -0.0184. The third kappa shape index (κ3) is 5.99. The number of nitrogen functional groups attached to an aromatic ring is 1. The minimum Gasteiger partial charge on any atom is -0.394 e. The van der Waals surface area contributed by atoms with Crippen molar-refractivity contribution in [2.75, 3.05) is 25.6 Å². The van der Waals surface area contributed by atoms with Crippen LogP contribution in [0.15, 0.2) is 26.9 Å². The van der Waals surface area contributed by atoms with Crippen LogP contribution in [0.25, 0.3) is 11.2 Å². The molecule has 0 saturated carbocycles. The van der Waals surface area contributed by atoms with E-state index in [-0.39, 0.29) is 50.1 Å². The first-order valence-electron chi connectivity index (χ1n) is 10.5. The molecular formula is C19H27N7O9. The molecule has 0 aromatic carbocycles. The number of aliphatic hydroxyl groups is 4. The summed E-state index contributed by atoms with van der Waals surface area (Å²) < 4.78 is 13.2. The van der Waals surface area contributed by atoms with Gasteiger partial charge in [-0.3, -0.25) is 28.7 Å². The first-order chi connectivity index (χ1) is 16.7. The first-order valence-corrected chi connectivity index (χ1v) is 10.5. The number of aromatic nitrogens is 6. The maximum atomic E-state index is 11.6. The number of aromatic amines is 2. The Morgan fingerprint density at radius 1 is 1.23 bits per heavy atom. The molecule has 3 aromatic rings. The largest absolute Gasteiger partial charge is 0.394 e. The first kappa shape index (κ1) is 26.2. The van der Waals surface area contributed by atoms with Gasteiger partial charge in [-0.2, -0.15) is 4.98 Å². The Kier molecular flexibility index (Phi) is 8.49. The van der Waals surface area contributed by atoms with Gasteiger partial charge in [0.25, 0.3) is 11.1 Å². The molecule has 16 heteroatoms. The number of ether oxygens (including phenoxy) is 2. The number of fused-ring (bicyclic) bond motifs is 1. The Balaban J connectivity index is 0.000000196. The van der Waals surface area contributed by atoms with Gasteiger partial charge in [0, 0.05) is 18.2 Å². The molecule has 192 valence electrons. The Labute approximate surface area is 196 Å². The number of anilines is 1. The zero-order chi connectivity index (χ0) is 25.7. The summed E-state index contributed by atoms with van der Waals surface area (Å²) in [5, 5.41) is 36.2. The molecule has 8 N–H and O–H groups in total. The predicted octanol–water partition coefficient (Wildman–Crippen LogP) is -3.49. The molecule has 1 aliphatic rings. The van der Waals surface area contributed by atoms with Crippen molar-refractivity contribution in [3.63, 3.8) is 0 Å². The highest BCUT2D eigenvalue weighted by molar-refractivity contribution is 5.70. The van der Waals surface area contributed by atoms with Crippen LogP contribution in [0.4, 0.5) is 5.95 Å². The zero-order valence-electron chi connectivity index (χ0n) is 18.7. The van der Waals surface area contributed by atoms with Gasteiger partial charge >= 0.3 is 5.69 Å². The summed E-state index contributed by atoms with van der Waals surface area (Å²) in [4.78, 5) is 46.6. The number of H-pyrrole nitrogens is 2. The van der Waals surface area contributed by atoms with Crippen LogP contribution >= 0.6 is 0 Å². The quantitative estimate of drug-likeness (QED) is 0.168. The van der Waals surface area contributed by atoms with Crippen molar-refractivity contribution in [1.82, 2.24) is 29.1 Å². The third-order valence-corrected chi connectivity index (χ3v) is 5.19. The Bertz CT molecular complexity index is 1310. The summed E-state index contributed by atoms with van der Waals surface area (Å²) in [6.45, 7) is 0.648. The molecule has 0 radical (unpaired) electrons. The van der Waals surface area contributed by atoms with Gasteiger partial charge in [-0.1, -0.05) is 0 Å². The number of nitrogens with one attached hydrogen (secondary N) is 2. The SMILES string of the molecule is Cc1cn([C@H]2C[C@H](O)[C@@H](CO)O2)c(=O)[nH]c1=O.Nc1nc2c(ncn2COC(CO)CO)c(=O)[nH]1. The lowest BCUT2D eigenvalue weighted by molar-refractivity contribution is -0.0488. The molecule has 35 heavy (non-hydrogen) atoms. The molecular weight excluding hydrogens is 470 g/mol. The number of rotatable bonds is 7. The van der Waals surface area contributed by atoms with Gasteiger partial charge in [0.2, 0.25) is 5.95 Å². The minimum absolute atomic E-state index is 0.00181. The third-order valence-electron chi connectivity index (χ3n) is 5.19. The number of imidazole rings is 1. The van der Waals surface area contributed by atoms with Gasteiger partial charge in [-0.15, -0.1) is 0 Å². The van der Waals surface area contributed by atoms with E-state index < -0.39 is 41.3 Å². The van der Waals surface area contributed by atoms with E-state index in [1.165, 1.54) is 21.7 Å². The lowest BCUT2D eigenvalue weighted by Crippen LogP contribution is -2.33. The molecule has 3 atom stereocenters. The summed E-state index contributed by atoms with van der Waals surface area (Å²) in [6, 6.07) is 0. The van der Waals surface area contributed by atoms with E-state index >= 15 is 0 Å². The molecule has 1 saturated heterocycles. The number of aliphatic hydroxyl groups excluding tert-OH is 4. The van der Waals surface area contributed by atoms with Crippen LogP contribution in [-0.4, -0.2) is 87.6 Å². The average Bonchev–Trinajstić information content (AvgIpc) is 3.40. The van der Waals surface area contributed by atoms with Crippen molar-refractivity contribution >= 4 is 17.1 Å². The predicted molar refractivity (Wildman–Crippen MR) is 119 cm³/mol. The highest BCUT2D eigenvalue weighted by Crippen LogP contribution is 2.27. The summed E-state index contributed by atoms with van der Waals surface area (Å²) in [7, 11) is 0. The second-order valence-electron chi connectivity index (χ2n) is 7.71.